The number of rotatable bonds is 2. The van der Waals surface area contributed by atoms with Crippen LogP contribution in [0.25, 0.3) is 0 Å². The predicted octanol–water partition coefficient (Wildman–Crippen LogP) is 1.83. The van der Waals surface area contributed by atoms with Gasteiger partial charge in [-0.15, -0.1) is 0 Å². The summed E-state index contributed by atoms with van der Waals surface area (Å²) in [5.41, 5.74) is 6.10. The minimum atomic E-state index is -0.527. The maximum atomic E-state index is 12.9. The maximum Gasteiger partial charge on any atom is 0.172 e. The Balaban J connectivity index is 1.69. The summed E-state index contributed by atoms with van der Waals surface area (Å²) in [4.78, 5) is 0. The van der Waals surface area contributed by atoms with Crippen LogP contribution in [0.3, 0.4) is 0 Å². The van der Waals surface area contributed by atoms with Crippen molar-refractivity contribution in [2.24, 2.45) is 5.73 Å². The maximum absolute atomic E-state index is 12.9. The van der Waals surface area contributed by atoms with Gasteiger partial charge in [0, 0.05) is 18.9 Å². The monoisotopic (exact) mass is 267 g/mol. The lowest BCUT2D eigenvalue weighted by Crippen LogP contribution is -2.51. The van der Waals surface area contributed by atoms with Crippen molar-refractivity contribution < 1.29 is 18.6 Å². The molecule has 0 bridgehead atoms. The number of hydrogen-bond donors (Lipinski definition) is 1. The molecule has 19 heavy (non-hydrogen) atoms. The molecule has 0 radical (unpaired) electrons. The smallest absolute Gasteiger partial charge is 0.172 e. The molecule has 1 aliphatic carbocycles. The molecule has 3 rings (SSSR count). The van der Waals surface area contributed by atoms with Crippen LogP contribution in [0.4, 0.5) is 4.39 Å². The van der Waals surface area contributed by atoms with Crippen molar-refractivity contribution >= 4 is 0 Å². The van der Waals surface area contributed by atoms with Crippen LogP contribution >= 0.6 is 0 Å². The third-order valence-electron chi connectivity index (χ3n) is 3.76. The fourth-order valence-electron chi connectivity index (χ4n) is 2.71. The third kappa shape index (κ3) is 2.73. The van der Waals surface area contributed by atoms with Crippen molar-refractivity contribution in [3.8, 4) is 5.75 Å². The Hall–Kier alpha value is -1.17. The third-order valence-corrected chi connectivity index (χ3v) is 3.76. The SMILES string of the molecule is NC1CCC2(CC1Oc1ccc(F)cc1)OCCO2. The summed E-state index contributed by atoms with van der Waals surface area (Å²) in [6, 6.07) is 5.92. The van der Waals surface area contributed by atoms with Crippen LogP contribution < -0.4 is 10.5 Å². The van der Waals surface area contributed by atoms with Gasteiger partial charge in [-0.2, -0.15) is 0 Å². The van der Waals surface area contributed by atoms with E-state index >= 15 is 0 Å². The average molecular weight is 267 g/mol. The minimum absolute atomic E-state index is 0.0523. The van der Waals surface area contributed by atoms with E-state index in [1.54, 1.807) is 12.1 Å². The highest BCUT2D eigenvalue weighted by Gasteiger charge is 2.45. The number of nitrogens with two attached hydrogens (primary N) is 1. The number of hydrogen-bond acceptors (Lipinski definition) is 4. The Labute approximate surface area is 111 Å². The molecule has 4 nitrogen and oxygen atoms in total. The van der Waals surface area contributed by atoms with Gasteiger partial charge >= 0.3 is 0 Å². The molecule has 0 aromatic heterocycles. The summed E-state index contributed by atoms with van der Waals surface area (Å²) in [6.45, 7) is 1.25. The van der Waals surface area contributed by atoms with Crippen molar-refractivity contribution in [1.29, 1.82) is 0 Å². The van der Waals surface area contributed by atoms with Gasteiger partial charge in [-0.3, -0.25) is 0 Å². The second kappa shape index (κ2) is 5.07. The summed E-state index contributed by atoms with van der Waals surface area (Å²) in [5.74, 6) is -0.184. The molecule has 1 aromatic carbocycles. The molecule has 1 saturated heterocycles. The van der Waals surface area contributed by atoms with Gasteiger partial charge in [-0.25, -0.2) is 4.39 Å². The van der Waals surface area contributed by atoms with Gasteiger partial charge in [0.25, 0.3) is 0 Å². The van der Waals surface area contributed by atoms with E-state index in [1.165, 1.54) is 12.1 Å². The molecular weight excluding hydrogens is 249 g/mol. The Morgan fingerprint density at radius 2 is 1.89 bits per heavy atom. The molecule has 2 aliphatic rings. The molecule has 104 valence electrons. The van der Waals surface area contributed by atoms with E-state index in [-0.39, 0.29) is 18.0 Å². The first kappa shape index (κ1) is 12.8. The quantitative estimate of drug-likeness (QED) is 0.888. The van der Waals surface area contributed by atoms with Gasteiger partial charge in [0.05, 0.1) is 13.2 Å². The van der Waals surface area contributed by atoms with Crippen molar-refractivity contribution in [1.82, 2.24) is 0 Å². The lowest BCUT2D eigenvalue weighted by Gasteiger charge is -2.39. The van der Waals surface area contributed by atoms with Crippen LogP contribution in [0, 0.1) is 5.82 Å². The molecular formula is C14H18FNO3. The van der Waals surface area contributed by atoms with E-state index in [1.807, 2.05) is 0 Å². The van der Waals surface area contributed by atoms with Crippen molar-refractivity contribution in [2.45, 2.75) is 37.2 Å². The average Bonchev–Trinajstić information content (AvgIpc) is 2.85. The highest BCUT2D eigenvalue weighted by atomic mass is 19.1. The van der Waals surface area contributed by atoms with Gasteiger partial charge in [0.15, 0.2) is 5.79 Å². The van der Waals surface area contributed by atoms with Crippen LogP contribution in [-0.4, -0.2) is 31.1 Å². The first-order valence-electron chi connectivity index (χ1n) is 6.63. The Bertz CT molecular complexity index is 431. The highest BCUT2D eigenvalue weighted by Crippen LogP contribution is 2.36. The molecule has 1 spiro atoms. The van der Waals surface area contributed by atoms with Crippen molar-refractivity contribution in [3.63, 3.8) is 0 Å². The van der Waals surface area contributed by atoms with Crippen LogP contribution in [0.2, 0.25) is 0 Å². The molecule has 2 atom stereocenters. The van der Waals surface area contributed by atoms with Crippen molar-refractivity contribution in [3.05, 3.63) is 30.1 Å². The van der Waals surface area contributed by atoms with Gasteiger partial charge in [0.2, 0.25) is 0 Å². The molecule has 1 heterocycles. The molecule has 1 aromatic rings. The minimum Gasteiger partial charge on any atom is -0.489 e. The highest BCUT2D eigenvalue weighted by molar-refractivity contribution is 5.22. The first-order chi connectivity index (χ1) is 9.17. The van der Waals surface area contributed by atoms with Gasteiger partial charge in [-0.05, 0) is 30.7 Å². The predicted molar refractivity (Wildman–Crippen MR) is 67.3 cm³/mol. The lowest BCUT2D eigenvalue weighted by molar-refractivity contribution is -0.195. The molecule has 2 fully saturated rings. The molecule has 1 saturated carbocycles. The van der Waals surface area contributed by atoms with Crippen LogP contribution in [-0.2, 0) is 9.47 Å². The van der Waals surface area contributed by atoms with E-state index in [9.17, 15) is 4.39 Å². The van der Waals surface area contributed by atoms with Gasteiger partial charge < -0.3 is 19.9 Å². The molecule has 2 N–H and O–H groups in total. The number of halogens is 1. The van der Waals surface area contributed by atoms with Gasteiger partial charge in [-0.1, -0.05) is 0 Å². The van der Waals surface area contributed by atoms with Crippen LogP contribution in [0.5, 0.6) is 5.75 Å². The summed E-state index contributed by atoms with van der Waals surface area (Å²) >= 11 is 0. The molecule has 1 aliphatic heterocycles. The fraction of sp³-hybridized carbons (Fsp3) is 0.571. The second-order valence-electron chi connectivity index (χ2n) is 5.12. The fourth-order valence-corrected chi connectivity index (χ4v) is 2.71. The first-order valence-corrected chi connectivity index (χ1v) is 6.63. The number of benzene rings is 1. The van der Waals surface area contributed by atoms with E-state index in [4.69, 9.17) is 19.9 Å². The Morgan fingerprint density at radius 1 is 1.21 bits per heavy atom. The summed E-state index contributed by atoms with van der Waals surface area (Å²) in [7, 11) is 0. The standard InChI is InChI=1S/C14H18FNO3/c15-10-1-3-11(4-2-10)19-13-9-14(6-5-12(13)16)17-7-8-18-14/h1-4,12-13H,5-9,16H2. The van der Waals surface area contributed by atoms with E-state index in [0.29, 0.717) is 25.4 Å². The van der Waals surface area contributed by atoms with Crippen LogP contribution in [0.15, 0.2) is 24.3 Å². The molecule has 0 amide bonds. The zero-order valence-corrected chi connectivity index (χ0v) is 10.7. The zero-order valence-electron chi connectivity index (χ0n) is 10.7. The van der Waals surface area contributed by atoms with E-state index in [0.717, 1.165) is 12.8 Å². The summed E-state index contributed by atoms with van der Waals surface area (Å²) in [6.07, 6.45) is 2.05. The second-order valence-corrected chi connectivity index (χ2v) is 5.12. The Kier molecular flexibility index (Phi) is 3.43. The summed E-state index contributed by atoms with van der Waals surface area (Å²) < 4.78 is 30.1. The largest absolute Gasteiger partial charge is 0.489 e. The molecule has 2 unspecified atom stereocenters. The van der Waals surface area contributed by atoms with Crippen LogP contribution in [0.1, 0.15) is 19.3 Å². The Morgan fingerprint density at radius 3 is 2.58 bits per heavy atom. The zero-order chi connectivity index (χ0) is 13.3. The van der Waals surface area contributed by atoms with Gasteiger partial charge in [0.1, 0.15) is 17.7 Å². The van der Waals surface area contributed by atoms with E-state index < -0.39 is 5.79 Å². The van der Waals surface area contributed by atoms with E-state index in [2.05, 4.69) is 0 Å². The normalized spacial score (nSPS) is 29.6. The topological polar surface area (TPSA) is 53.7 Å². The molecule has 5 heteroatoms. The lowest BCUT2D eigenvalue weighted by atomic mass is 9.88. The number of ether oxygens (including phenoxy) is 3. The summed E-state index contributed by atoms with van der Waals surface area (Å²) in [5, 5.41) is 0. The van der Waals surface area contributed by atoms with Crippen molar-refractivity contribution in [2.75, 3.05) is 13.2 Å².